The summed E-state index contributed by atoms with van der Waals surface area (Å²) in [6, 6.07) is 9.88. The first-order valence-electron chi connectivity index (χ1n) is 9.27. The number of aromatic nitrogens is 1. The van der Waals surface area contributed by atoms with Crippen LogP contribution in [0.5, 0.6) is 11.5 Å². The number of amides is 1. The Morgan fingerprint density at radius 1 is 1.27 bits per heavy atom. The number of benzene rings is 1. The molecule has 0 radical (unpaired) electrons. The van der Waals surface area contributed by atoms with E-state index in [1.165, 1.54) is 5.56 Å². The molecule has 2 aliphatic heterocycles. The van der Waals surface area contributed by atoms with Crippen LogP contribution < -0.4 is 9.47 Å². The third-order valence-electron chi connectivity index (χ3n) is 5.22. The van der Waals surface area contributed by atoms with Gasteiger partial charge < -0.3 is 14.4 Å². The third-order valence-corrected chi connectivity index (χ3v) is 5.22. The van der Waals surface area contributed by atoms with Crippen molar-refractivity contribution in [2.75, 3.05) is 26.8 Å². The molecule has 1 aromatic carbocycles. The van der Waals surface area contributed by atoms with Crippen molar-refractivity contribution in [3.63, 3.8) is 0 Å². The van der Waals surface area contributed by atoms with Gasteiger partial charge >= 0.3 is 0 Å². The lowest BCUT2D eigenvalue weighted by Crippen LogP contribution is -2.27. The van der Waals surface area contributed by atoms with Gasteiger partial charge in [-0.05, 0) is 49.4 Å². The van der Waals surface area contributed by atoms with Crippen LogP contribution in [0, 0.1) is 5.92 Å². The van der Waals surface area contributed by atoms with Crippen LogP contribution in [0.4, 0.5) is 0 Å². The maximum absolute atomic E-state index is 12.4. The molecule has 1 amide bonds. The van der Waals surface area contributed by atoms with Crippen molar-refractivity contribution >= 4 is 5.91 Å². The van der Waals surface area contributed by atoms with Gasteiger partial charge in [-0.15, -0.1) is 0 Å². The number of pyridine rings is 1. The zero-order valence-corrected chi connectivity index (χ0v) is 15.1. The molecule has 136 valence electrons. The largest absolute Gasteiger partial charge is 0.497 e. The number of likely N-dealkylation sites (tertiary alicyclic amines) is 1. The summed E-state index contributed by atoms with van der Waals surface area (Å²) in [4.78, 5) is 18.8. The van der Waals surface area contributed by atoms with Crippen molar-refractivity contribution in [1.29, 1.82) is 0 Å². The molecule has 1 saturated heterocycles. The monoisotopic (exact) mass is 352 g/mol. The molecule has 0 saturated carbocycles. The summed E-state index contributed by atoms with van der Waals surface area (Å²) >= 11 is 0. The van der Waals surface area contributed by atoms with E-state index in [0.29, 0.717) is 18.1 Å². The lowest BCUT2D eigenvalue weighted by Gasteiger charge is -2.25. The number of hydrogen-bond acceptors (Lipinski definition) is 4. The molecule has 0 aliphatic carbocycles. The fourth-order valence-electron chi connectivity index (χ4n) is 3.74. The number of carbonyl (C=O) groups is 1. The van der Waals surface area contributed by atoms with E-state index in [-0.39, 0.29) is 5.91 Å². The van der Waals surface area contributed by atoms with E-state index >= 15 is 0 Å². The zero-order valence-electron chi connectivity index (χ0n) is 15.1. The highest BCUT2D eigenvalue weighted by Gasteiger charge is 2.22. The Kier molecular flexibility index (Phi) is 4.78. The summed E-state index contributed by atoms with van der Waals surface area (Å²) in [7, 11) is 1.66. The van der Waals surface area contributed by atoms with Crippen molar-refractivity contribution in [3.8, 4) is 11.5 Å². The molecule has 0 unspecified atom stereocenters. The molecular formula is C21H24N2O3. The molecular weight excluding hydrogens is 328 g/mol. The Bertz CT molecular complexity index is 782. The van der Waals surface area contributed by atoms with Gasteiger partial charge in [0.15, 0.2) is 0 Å². The molecule has 2 aliphatic rings. The SMILES string of the molecule is COc1ccc2c(c1)OC[C@@H](Cc1ccc(C(=O)N3CCCC3)cn1)C2. The predicted octanol–water partition coefficient (Wildman–Crippen LogP) is 3.12. The normalized spacial score (nSPS) is 19.0. The zero-order chi connectivity index (χ0) is 17.9. The molecule has 1 fully saturated rings. The van der Waals surface area contributed by atoms with Crippen molar-refractivity contribution in [3.05, 3.63) is 53.3 Å². The van der Waals surface area contributed by atoms with Crippen molar-refractivity contribution in [2.24, 2.45) is 5.92 Å². The number of carbonyl (C=O) groups excluding carboxylic acids is 1. The first-order valence-corrected chi connectivity index (χ1v) is 9.27. The first-order chi connectivity index (χ1) is 12.7. The molecule has 3 heterocycles. The van der Waals surface area contributed by atoms with Crippen LogP contribution in [0.2, 0.25) is 0 Å². The number of hydrogen-bond donors (Lipinski definition) is 0. The predicted molar refractivity (Wildman–Crippen MR) is 98.8 cm³/mol. The molecule has 0 bridgehead atoms. The Morgan fingerprint density at radius 2 is 2.12 bits per heavy atom. The lowest BCUT2D eigenvalue weighted by atomic mass is 9.92. The van der Waals surface area contributed by atoms with Crippen molar-refractivity contribution in [2.45, 2.75) is 25.7 Å². The van der Waals surface area contributed by atoms with Crippen LogP contribution in [0.3, 0.4) is 0 Å². The topological polar surface area (TPSA) is 51.7 Å². The fraction of sp³-hybridized carbons (Fsp3) is 0.429. The summed E-state index contributed by atoms with van der Waals surface area (Å²) in [6.45, 7) is 2.41. The van der Waals surface area contributed by atoms with Gasteiger partial charge in [0.05, 0.1) is 19.3 Å². The second kappa shape index (κ2) is 7.36. The number of methoxy groups -OCH3 is 1. The molecule has 0 N–H and O–H groups in total. The molecule has 5 heteroatoms. The van der Waals surface area contributed by atoms with Gasteiger partial charge in [0, 0.05) is 37.0 Å². The maximum atomic E-state index is 12.4. The molecule has 0 spiro atoms. The number of fused-ring (bicyclic) bond motifs is 1. The van der Waals surface area contributed by atoms with Gasteiger partial charge in [0.25, 0.3) is 5.91 Å². The Balaban J connectivity index is 1.39. The van der Waals surface area contributed by atoms with Gasteiger partial charge in [0.1, 0.15) is 11.5 Å². The average Bonchev–Trinajstić information content (AvgIpc) is 3.22. The van der Waals surface area contributed by atoms with Crippen molar-refractivity contribution in [1.82, 2.24) is 9.88 Å². The highest BCUT2D eigenvalue weighted by atomic mass is 16.5. The van der Waals surface area contributed by atoms with Gasteiger partial charge in [-0.25, -0.2) is 0 Å². The summed E-state index contributed by atoms with van der Waals surface area (Å²) in [5, 5.41) is 0. The molecule has 1 atom stereocenters. The van der Waals surface area contributed by atoms with E-state index in [9.17, 15) is 4.79 Å². The van der Waals surface area contributed by atoms with Gasteiger partial charge in [-0.3, -0.25) is 9.78 Å². The van der Waals surface area contributed by atoms with Gasteiger partial charge in [-0.2, -0.15) is 0 Å². The number of rotatable bonds is 4. The molecule has 26 heavy (non-hydrogen) atoms. The summed E-state index contributed by atoms with van der Waals surface area (Å²) in [5.41, 5.74) is 2.91. The fourth-order valence-corrected chi connectivity index (χ4v) is 3.74. The van der Waals surface area contributed by atoms with E-state index in [2.05, 4.69) is 11.1 Å². The Morgan fingerprint density at radius 3 is 2.85 bits per heavy atom. The van der Waals surface area contributed by atoms with Crippen LogP contribution >= 0.6 is 0 Å². The molecule has 5 nitrogen and oxygen atoms in total. The minimum Gasteiger partial charge on any atom is -0.497 e. The van der Waals surface area contributed by atoms with E-state index in [0.717, 1.165) is 56.0 Å². The van der Waals surface area contributed by atoms with E-state index in [1.807, 2.05) is 29.2 Å². The second-order valence-electron chi connectivity index (χ2n) is 7.10. The van der Waals surface area contributed by atoms with Gasteiger partial charge in [-0.1, -0.05) is 6.07 Å². The van der Waals surface area contributed by atoms with E-state index in [4.69, 9.17) is 9.47 Å². The van der Waals surface area contributed by atoms with Gasteiger partial charge in [0.2, 0.25) is 0 Å². The smallest absolute Gasteiger partial charge is 0.255 e. The van der Waals surface area contributed by atoms with Crippen LogP contribution in [0.1, 0.15) is 34.5 Å². The minimum atomic E-state index is 0.102. The average molecular weight is 352 g/mol. The van der Waals surface area contributed by atoms with E-state index < -0.39 is 0 Å². The Labute approximate surface area is 153 Å². The molecule has 1 aromatic heterocycles. The lowest BCUT2D eigenvalue weighted by molar-refractivity contribution is 0.0792. The van der Waals surface area contributed by atoms with Crippen LogP contribution in [-0.2, 0) is 12.8 Å². The summed E-state index contributed by atoms with van der Waals surface area (Å²) in [5.74, 6) is 2.23. The minimum absolute atomic E-state index is 0.102. The van der Waals surface area contributed by atoms with Crippen LogP contribution in [0.25, 0.3) is 0 Å². The first kappa shape index (κ1) is 16.9. The number of nitrogens with zero attached hydrogens (tertiary/aromatic N) is 2. The Hall–Kier alpha value is -2.56. The van der Waals surface area contributed by atoms with Crippen LogP contribution in [0.15, 0.2) is 36.5 Å². The summed E-state index contributed by atoms with van der Waals surface area (Å²) < 4.78 is 11.2. The molecule has 2 aromatic rings. The summed E-state index contributed by atoms with van der Waals surface area (Å²) in [6.07, 6.45) is 5.75. The highest BCUT2D eigenvalue weighted by Crippen LogP contribution is 2.32. The quantitative estimate of drug-likeness (QED) is 0.848. The maximum Gasteiger partial charge on any atom is 0.255 e. The van der Waals surface area contributed by atoms with Crippen LogP contribution in [-0.4, -0.2) is 42.6 Å². The van der Waals surface area contributed by atoms with Crippen molar-refractivity contribution < 1.29 is 14.3 Å². The standard InChI is InChI=1S/C21H24N2O3/c1-25-19-7-5-16-10-15(14-26-20(16)12-19)11-18-6-4-17(13-22-18)21(24)23-8-2-3-9-23/h4-7,12-13,15H,2-3,8-11,14H2,1H3/t15-/m1/s1. The second-order valence-corrected chi connectivity index (χ2v) is 7.10. The van der Waals surface area contributed by atoms with E-state index in [1.54, 1.807) is 13.3 Å². The third kappa shape index (κ3) is 3.52. The number of ether oxygens (including phenoxy) is 2. The highest BCUT2D eigenvalue weighted by molar-refractivity contribution is 5.94. The molecule has 4 rings (SSSR count).